The summed E-state index contributed by atoms with van der Waals surface area (Å²) < 4.78 is 10.0. The Balaban J connectivity index is 1.61. The van der Waals surface area contributed by atoms with Gasteiger partial charge in [0.25, 0.3) is 0 Å². The van der Waals surface area contributed by atoms with Crippen LogP contribution in [-0.4, -0.2) is 47.1 Å². The Bertz CT molecular complexity index is 757. The molecule has 4 fully saturated rings. The van der Waals surface area contributed by atoms with Crippen molar-refractivity contribution in [3.05, 3.63) is 0 Å². The van der Waals surface area contributed by atoms with Gasteiger partial charge in [-0.15, -0.1) is 6.42 Å². The van der Waals surface area contributed by atoms with Gasteiger partial charge in [-0.3, -0.25) is 4.79 Å². The van der Waals surface area contributed by atoms with Crippen LogP contribution in [0.15, 0.2) is 0 Å². The van der Waals surface area contributed by atoms with Crippen molar-refractivity contribution >= 4 is 11.9 Å². The third-order valence-electron chi connectivity index (χ3n) is 9.30. The zero-order valence-electron chi connectivity index (χ0n) is 17.5. The normalized spacial score (nSPS) is 51.2. The van der Waals surface area contributed by atoms with E-state index in [0.29, 0.717) is 12.8 Å². The molecule has 6 heteroatoms. The molecule has 0 saturated heterocycles. The van der Waals surface area contributed by atoms with Gasteiger partial charge < -0.3 is 19.7 Å². The van der Waals surface area contributed by atoms with E-state index >= 15 is 0 Å². The quantitative estimate of drug-likeness (QED) is 0.516. The summed E-state index contributed by atoms with van der Waals surface area (Å²) in [6, 6.07) is 0. The number of rotatable bonds is 1. The average Bonchev–Trinajstić information content (AvgIpc) is 2.90. The first kappa shape index (κ1) is 20.7. The molecule has 0 spiro atoms. The molecule has 0 amide bonds. The number of ketones is 1. The van der Waals surface area contributed by atoms with Gasteiger partial charge in [-0.1, -0.05) is 19.8 Å². The van der Waals surface area contributed by atoms with Gasteiger partial charge >= 0.3 is 6.16 Å². The van der Waals surface area contributed by atoms with Crippen molar-refractivity contribution in [2.24, 2.45) is 34.5 Å². The van der Waals surface area contributed by atoms with Crippen molar-refractivity contribution in [1.29, 1.82) is 0 Å². The number of carbonyl (C=O) groups is 2. The minimum absolute atomic E-state index is 0.0150. The first-order valence-corrected chi connectivity index (χ1v) is 10.8. The highest BCUT2D eigenvalue weighted by Crippen LogP contribution is 2.67. The number of ether oxygens (including phenoxy) is 2. The molecule has 0 bridgehead atoms. The van der Waals surface area contributed by atoms with Crippen LogP contribution < -0.4 is 0 Å². The van der Waals surface area contributed by atoms with Crippen LogP contribution in [0.2, 0.25) is 0 Å². The predicted molar refractivity (Wildman–Crippen MR) is 105 cm³/mol. The van der Waals surface area contributed by atoms with Crippen molar-refractivity contribution in [2.75, 3.05) is 7.11 Å². The molecule has 0 aromatic heterocycles. The third kappa shape index (κ3) is 2.70. The van der Waals surface area contributed by atoms with Gasteiger partial charge in [-0.25, -0.2) is 4.79 Å². The Hall–Kier alpha value is -1.58. The number of methoxy groups -OCH3 is 1. The Morgan fingerprint density at radius 3 is 2.59 bits per heavy atom. The Morgan fingerprint density at radius 2 is 1.93 bits per heavy atom. The zero-order valence-corrected chi connectivity index (χ0v) is 17.5. The lowest BCUT2D eigenvalue weighted by molar-refractivity contribution is -0.185. The van der Waals surface area contributed by atoms with Gasteiger partial charge in [-0.2, -0.15) is 0 Å². The van der Waals surface area contributed by atoms with Crippen LogP contribution in [0.1, 0.15) is 58.8 Å². The number of fused-ring (bicyclic) bond motifs is 5. The topological polar surface area (TPSA) is 93.1 Å². The molecule has 4 saturated carbocycles. The molecule has 0 heterocycles. The summed E-state index contributed by atoms with van der Waals surface area (Å²) in [5, 5.41) is 22.2. The number of hydrogen-bond donors (Lipinski definition) is 2. The summed E-state index contributed by atoms with van der Waals surface area (Å²) in [6.45, 7) is 4.23. The molecule has 4 rings (SSSR count). The van der Waals surface area contributed by atoms with Gasteiger partial charge in [-0.05, 0) is 67.6 Å². The van der Waals surface area contributed by atoms with E-state index in [1.807, 2.05) is 6.92 Å². The smallest absolute Gasteiger partial charge is 0.438 e. The van der Waals surface area contributed by atoms with Crippen molar-refractivity contribution in [1.82, 2.24) is 0 Å². The van der Waals surface area contributed by atoms with Crippen LogP contribution in [0.3, 0.4) is 0 Å². The number of terminal acetylenes is 1. The first-order valence-electron chi connectivity index (χ1n) is 10.8. The van der Waals surface area contributed by atoms with E-state index in [9.17, 15) is 19.8 Å². The molecule has 4 aliphatic rings. The summed E-state index contributed by atoms with van der Waals surface area (Å²) in [7, 11) is 1.31. The molecule has 3 unspecified atom stereocenters. The van der Waals surface area contributed by atoms with E-state index < -0.39 is 23.3 Å². The van der Waals surface area contributed by atoms with Crippen molar-refractivity contribution in [3.63, 3.8) is 0 Å². The lowest BCUT2D eigenvalue weighted by Gasteiger charge is -2.62. The van der Waals surface area contributed by atoms with Gasteiger partial charge in [0.2, 0.25) is 0 Å². The van der Waals surface area contributed by atoms with Crippen LogP contribution in [0, 0.1) is 46.8 Å². The van der Waals surface area contributed by atoms with Crippen LogP contribution in [-0.2, 0) is 14.3 Å². The molecule has 6 nitrogen and oxygen atoms in total. The molecule has 0 aliphatic heterocycles. The van der Waals surface area contributed by atoms with E-state index in [-0.39, 0.29) is 47.4 Å². The molecule has 0 aromatic rings. The van der Waals surface area contributed by atoms with E-state index in [1.165, 1.54) is 7.11 Å². The SMILES string of the molecule is C#C[C@]1(O)C(=O)CC2C3C(CC[C@@]21C)[C@@]1(C)CC[C@H](OC(=O)OC)C[C@@H]1C[C@@H]3O. The van der Waals surface area contributed by atoms with Crippen molar-refractivity contribution < 1.29 is 29.3 Å². The highest BCUT2D eigenvalue weighted by molar-refractivity contribution is 5.94. The molecule has 160 valence electrons. The maximum atomic E-state index is 12.7. The summed E-state index contributed by atoms with van der Waals surface area (Å²) >= 11 is 0. The predicted octanol–water partition coefficient (Wildman–Crippen LogP) is 2.69. The summed E-state index contributed by atoms with van der Waals surface area (Å²) in [6.07, 6.45) is 9.01. The number of hydrogen-bond acceptors (Lipinski definition) is 6. The van der Waals surface area contributed by atoms with Crippen molar-refractivity contribution in [3.8, 4) is 12.3 Å². The van der Waals surface area contributed by atoms with Gasteiger partial charge in [0.1, 0.15) is 6.10 Å². The lowest BCUT2D eigenvalue weighted by atomic mass is 9.43. The number of aliphatic hydroxyl groups is 2. The van der Waals surface area contributed by atoms with Crippen LogP contribution in [0.5, 0.6) is 0 Å². The van der Waals surface area contributed by atoms with Crippen LogP contribution >= 0.6 is 0 Å². The third-order valence-corrected chi connectivity index (χ3v) is 9.30. The first-order chi connectivity index (χ1) is 13.6. The van der Waals surface area contributed by atoms with Gasteiger partial charge in [0.05, 0.1) is 13.2 Å². The standard InChI is InChI=1S/C23H32O6/c1-5-23(27)18(25)12-16-19-15(7-9-22(16,23)3)21(2)8-6-14(29-20(26)28-4)10-13(21)11-17(19)24/h1,13-17,19,24,27H,6-12H2,2-4H3/t13-,14+,15?,16?,17+,19?,21+,22+,23+/m1/s1. The lowest BCUT2D eigenvalue weighted by Crippen LogP contribution is -2.60. The molecule has 4 aliphatic carbocycles. The van der Waals surface area contributed by atoms with E-state index in [2.05, 4.69) is 17.6 Å². The van der Waals surface area contributed by atoms with E-state index in [0.717, 1.165) is 25.7 Å². The van der Waals surface area contributed by atoms with Gasteiger partial charge in [0, 0.05) is 11.8 Å². The second-order valence-electron chi connectivity index (χ2n) is 10.2. The van der Waals surface area contributed by atoms with E-state index in [4.69, 9.17) is 11.2 Å². The summed E-state index contributed by atoms with van der Waals surface area (Å²) in [5.74, 6) is 2.49. The van der Waals surface area contributed by atoms with Crippen LogP contribution in [0.25, 0.3) is 0 Å². The number of aliphatic hydroxyl groups excluding tert-OH is 1. The highest BCUT2D eigenvalue weighted by atomic mass is 16.7. The fourth-order valence-electron chi connectivity index (χ4n) is 7.54. The molecule has 29 heavy (non-hydrogen) atoms. The molecule has 9 atom stereocenters. The summed E-state index contributed by atoms with van der Waals surface area (Å²) in [5.41, 5.74) is -2.40. The monoisotopic (exact) mass is 404 g/mol. The van der Waals surface area contributed by atoms with Crippen molar-refractivity contribution in [2.45, 2.75) is 76.6 Å². The second-order valence-corrected chi connectivity index (χ2v) is 10.2. The average molecular weight is 405 g/mol. The minimum Gasteiger partial charge on any atom is -0.438 e. The number of Topliss-reactive ketones (excluding diaryl/α,β-unsaturated/α-hetero) is 1. The molecular weight excluding hydrogens is 372 g/mol. The largest absolute Gasteiger partial charge is 0.508 e. The fraction of sp³-hybridized carbons (Fsp3) is 0.826. The molecule has 0 aromatic carbocycles. The zero-order chi connectivity index (χ0) is 21.2. The van der Waals surface area contributed by atoms with Gasteiger partial charge in [0.15, 0.2) is 11.4 Å². The molecule has 2 N–H and O–H groups in total. The second kappa shape index (κ2) is 6.72. The Kier molecular flexibility index (Phi) is 4.79. The minimum atomic E-state index is -1.73. The fourth-order valence-corrected chi connectivity index (χ4v) is 7.54. The Labute approximate surface area is 172 Å². The van der Waals surface area contributed by atoms with Crippen LogP contribution in [0.4, 0.5) is 4.79 Å². The van der Waals surface area contributed by atoms with E-state index in [1.54, 1.807) is 0 Å². The number of carbonyl (C=O) groups excluding carboxylic acids is 2. The summed E-state index contributed by atoms with van der Waals surface area (Å²) in [4.78, 5) is 24.2. The molecular formula is C23H32O6. The maximum absolute atomic E-state index is 12.7. The maximum Gasteiger partial charge on any atom is 0.508 e. The Morgan fingerprint density at radius 1 is 1.21 bits per heavy atom. The molecule has 0 radical (unpaired) electrons. The highest BCUT2D eigenvalue weighted by Gasteiger charge is 2.69.